The molecule has 1 amide bonds. The van der Waals surface area contributed by atoms with E-state index in [-0.39, 0.29) is 12.1 Å². The number of amides is 1. The Morgan fingerprint density at radius 3 is 2.36 bits per heavy atom. The zero-order chi connectivity index (χ0) is 18.2. The monoisotopic (exact) mass is 338 g/mol. The molecule has 0 bridgehead atoms. The van der Waals surface area contributed by atoms with E-state index in [1.807, 2.05) is 30.3 Å². The summed E-state index contributed by atoms with van der Waals surface area (Å²) in [5.74, 6) is -1.84. The summed E-state index contributed by atoms with van der Waals surface area (Å²) in [5.41, 5.74) is 1.09. The highest BCUT2D eigenvalue weighted by Gasteiger charge is 2.28. The number of ether oxygens (including phenoxy) is 2. The molecule has 0 fully saturated rings. The van der Waals surface area contributed by atoms with E-state index in [0.717, 1.165) is 5.56 Å². The number of Topliss-reactive ketones (excluding diaryl/α,β-unsaturated/α-hetero) is 1. The molecule has 6 heteroatoms. The van der Waals surface area contributed by atoms with Crippen molar-refractivity contribution in [3.8, 4) is 17.6 Å². The van der Waals surface area contributed by atoms with Gasteiger partial charge < -0.3 is 14.8 Å². The highest BCUT2D eigenvalue weighted by Crippen LogP contribution is 2.28. The first-order chi connectivity index (χ1) is 12.1. The average molecular weight is 338 g/mol. The summed E-state index contributed by atoms with van der Waals surface area (Å²) in [5, 5.41) is 11.9. The van der Waals surface area contributed by atoms with Crippen molar-refractivity contribution in [3.63, 3.8) is 0 Å². The maximum atomic E-state index is 12.5. The van der Waals surface area contributed by atoms with Crippen LogP contribution in [0.1, 0.15) is 15.9 Å². The van der Waals surface area contributed by atoms with Crippen LogP contribution < -0.4 is 14.8 Å². The molecule has 128 valence electrons. The third-order valence-electron chi connectivity index (χ3n) is 3.63. The van der Waals surface area contributed by atoms with Crippen LogP contribution in [0.2, 0.25) is 0 Å². The van der Waals surface area contributed by atoms with E-state index < -0.39 is 17.6 Å². The van der Waals surface area contributed by atoms with Crippen molar-refractivity contribution < 1.29 is 19.1 Å². The summed E-state index contributed by atoms with van der Waals surface area (Å²) >= 11 is 0. The molecule has 0 aliphatic carbocycles. The summed E-state index contributed by atoms with van der Waals surface area (Å²) in [6, 6.07) is 15.5. The van der Waals surface area contributed by atoms with Crippen LogP contribution in [0.3, 0.4) is 0 Å². The maximum Gasteiger partial charge on any atom is 0.245 e. The highest BCUT2D eigenvalue weighted by atomic mass is 16.5. The Kier molecular flexibility index (Phi) is 6.13. The number of nitrogens with one attached hydrogen (secondary N) is 1. The van der Waals surface area contributed by atoms with Gasteiger partial charge in [-0.3, -0.25) is 9.59 Å². The van der Waals surface area contributed by atoms with Gasteiger partial charge in [0.05, 0.1) is 20.3 Å². The predicted octanol–water partition coefficient (Wildman–Crippen LogP) is 2.34. The van der Waals surface area contributed by atoms with Gasteiger partial charge in [0.2, 0.25) is 5.91 Å². The topological polar surface area (TPSA) is 88.4 Å². The van der Waals surface area contributed by atoms with Crippen molar-refractivity contribution in [2.75, 3.05) is 14.2 Å². The lowest BCUT2D eigenvalue weighted by Crippen LogP contribution is -2.34. The minimum atomic E-state index is -1.43. The molecule has 0 radical (unpaired) electrons. The maximum absolute atomic E-state index is 12.5. The first kappa shape index (κ1) is 18.0. The van der Waals surface area contributed by atoms with Crippen molar-refractivity contribution in [2.24, 2.45) is 5.92 Å². The fourth-order valence-electron chi connectivity index (χ4n) is 2.28. The van der Waals surface area contributed by atoms with Gasteiger partial charge >= 0.3 is 0 Å². The fourth-order valence-corrected chi connectivity index (χ4v) is 2.28. The van der Waals surface area contributed by atoms with E-state index in [9.17, 15) is 14.9 Å². The number of hydrogen-bond acceptors (Lipinski definition) is 5. The molecule has 0 aliphatic heterocycles. The normalized spacial score (nSPS) is 11.1. The number of carbonyl (C=O) groups is 2. The number of ketones is 1. The van der Waals surface area contributed by atoms with E-state index in [2.05, 4.69) is 5.32 Å². The number of methoxy groups -OCH3 is 2. The van der Waals surface area contributed by atoms with Crippen molar-refractivity contribution in [2.45, 2.75) is 6.54 Å². The quantitative estimate of drug-likeness (QED) is 0.618. The minimum Gasteiger partial charge on any atom is -0.493 e. The second-order valence-electron chi connectivity index (χ2n) is 5.20. The summed E-state index contributed by atoms with van der Waals surface area (Å²) in [6.45, 7) is 0.247. The molecule has 1 atom stereocenters. The van der Waals surface area contributed by atoms with Gasteiger partial charge in [0, 0.05) is 12.1 Å². The predicted molar refractivity (Wildman–Crippen MR) is 91.3 cm³/mol. The van der Waals surface area contributed by atoms with E-state index in [1.165, 1.54) is 26.4 Å². The van der Waals surface area contributed by atoms with Gasteiger partial charge in [-0.15, -0.1) is 0 Å². The average Bonchev–Trinajstić information content (AvgIpc) is 2.67. The molecule has 2 rings (SSSR count). The third kappa shape index (κ3) is 4.36. The molecule has 0 heterocycles. The molecule has 25 heavy (non-hydrogen) atoms. The van der Waals surface area contributed by atoms with Gasteiger partial charge in [-0.2, -0.15) is 5.26 Å². The molecular formula is C19H18N2O4. The van der Waals surface area contributed by atoms with Crippen molar-refractivity contribution >= 4 is 11.7 Å². The van der Waals surface area contributed by atoms with Gasteiger partial charge in [0.25, 0.3) is 0 Å². The number of carbonyl (C=O) groups excluding carboxylic acids is 2. The smallest absolute Gasteiger partial charge is 0.245 e. The van der Waals surface area contributed by atoms with E-state index in [1.54, 1.807) is 12.1 Å². The van der Waals surface area contributed by atoms with Crippen molar-refractivity contribution in [3.05, 3.63) is 59.7 Å². The lowest BCUT2D eigenvalue weighted by molar-refractivity contribution is -0.122. The van der Waals surface area contributed by atoms with Gasteiger partial charge in [-0.05, 0) is 23.8 Å². The largest absolute Gasteiger partial charge is 0.493 e. The zero-order valence-electron chi connectivity index (χ0n) is 14.0. The van der Waals surface area contributed by atoms with E-state index >= 15 is 0 Å². The Morgan fingerprint density at radius 1 is 1.08 bits per heavy atom. The van der Waals surface area contributed by atoms with Crippen LogP contribution in [0.5, 0.6) is 11.5 Å². The molecule has 2 aromatic carbocycles. The molecule has 2 aromatic rings. The molecule has 1 N–H and O–H groups in total. The first-order valence-electron chi connectivity index (χ1n) is 7.58. The molecule has 0 aliphatic rings. The van der Waals surface area contributed by atoms with Crippen LogP contribution in [-0.4, -0.2) is 25.9 Å². The van der Waals surface area contributed by atoms with Crippen LogP contribution in [0, 0.1) is 17.2 Å². The number of nitriles is 1. The van der Waals surface area contributed by atoms with Crippen LogP contribution in [-0.2, 0) is 11.3 Å². The Bertz CT molecular complexity index is 797. The van der Waals surface area contributed by atoms with E-state index in [0.29, 0.717) is 11.5 Å². The van der Waals surface area contributed by atoms with Crippen LogP contribution >= 0.6 is 0 Å². The Hall–Kier alpha value is -3.33. The zero-order valence-corrected chi connectivity index (χ0v) is 14.0. The SMILES string of the molecule is COc1ccc(C(=O)[C@@H](C#N)C(=O)NCc2ccccc2)cc1OC. The molecule has 6 nitrogen and oxygen atoms in total. The Balaban J connectivity index is 2.12. The van der Waals surface area contributed by atoms with Gasteiger partial charge in [-0.25, -0.2) is 0 Å². The molecule has 0 spiro atoms. The molecule has 0 saturated heterocycles. The van der Waals surface area contributed by atoms with Gasteiger partial charge in [0.15, 0.2) is 23.2 Å². The summed E-state index contributed by atoms with van der Waals surface area (Å²) in [7, 11) is 2.93. The number of hydrogen-bond donors (Lipinski definition) is 1. The summed E-state index contributed by atoms with van der Waals surface area (Å²) < 4.78 is 10.3. The molecular weight excluding hydrogens is 320 g/mol. The highest BCUT2D eigenvalue weighted by molar-refractivity contribution is 6.12. The second kappa shape index (κ2) is 8.50. The van der Waals surface area contributed by atoms with Crippen LogP contribution in [0.15, 0.2) is 48.5 Å². The fraction of sp³-hybridized carbons (Fsp3) is 0.211. The lowest BCUT2D eigenvalue weighted by Gasteiger charge is -2.12. The number of benzene rings is 2. The van der Waals surface area contributed by atoms with Gasteiger partial charge in [0.1, 0.15) is 0 Å². The Morgan fingerprint density at radius 2 is 1.76 bits per heavy atom. The second-order valence-corrected chi connectivity index (χ2v) is 5.20. The number of nitrogens with zero attached hydrogens (tertiary/aromatic N) is 1. The summed E-state index contributed by atoms with van der Waals surface area (Å²) in [6.07, 6.45) is 0. The van der Waals surface area contributed by atoms with Crippen LogP contribution in [0.25, 0.3) is 0 Å². The minimum absolute atomic E-state index is 0.207. The molecule has 0 saturated carbocycles. The van der Waals surface area contributed by atoms with Crippen LogP contribution in [0.4, 0.5) is 0 Å². The lowest BCUT2D eigenvalue weighted by atomic mass is 9.97. The van der Waals surface area contributed by atoms with Gasteiger partial charge in [-0.1, -0.05) is 30.3 Å². The first-order valence-corrected chi connectivity index (χ1v) is 7.58. The number of rotatable bonds is 7. The third-order valence-corrected chi connectivity index (χ3v) is 3.63. The molecule has 0 unspecified atom stereocenters. The van der Waals surface area contributed by atoms with Crippen molar-refractivity contribution in [1.82, 2.24) is 5.32 Å². The molecule has 0 aromatic heterocycles. The Labute approximate surface area is 146 Å². The standard InChI is InChI=1S/C19H18N2O4/c1-24-16-9-8-14(10-17(16)25-2)18(22)15(11-20)19(23)21-12-13-6-4-3-5-7-13/h3-10,15H,12H2,1-2H3,(H,21,23)/t15-/m1/s1. The van der Waals surface area contributed by atoms with E-state index in [4.69, 9.17) is 9.47 Å². The van der Waals surface area contributed by atoms with Crippen molar-refractivity contribution in [1.29, 1.82) is 5.26 Å². The summed E-state index contributed by atoms with van der Waals surface area (Å²) in [4.78, 5) is 24.7.